The Labute approximate surface area is 88.1 Å². The third-order valence-electron chi connectivity index (χ3n) is 3.83. The Morgan fingerprint density at radius 1 is 1.43 bits per heavy atom. The molecule has 0 amide bonds. The Morgan fingerprint density at radius 2 is 2.07 bits per heavy atom. The fraction of sp³-hybridized carbons (Fsp3) is 1.00. The van der Waals surface area contributed by atoms with Gasteiger partial charge in [0.1, 0.15) is 0 Å². The van der Waals surface area contributed by atoms with Crippen LogP contribution < -0.4 is 5.32 Å². The zero-order chi connectivity index (χ0) is 10.3. The third kappa shape index (κ3) is 1.96. The van der Waals surface area contributed by atoms with Crippen LogP contribution in [-0.2, 0) is 0 Å². The molecule has 2 fully saturated rings. The fourth-order valence-corrected chi connectivity index (χ4v) is 2.68. The van der Waals surface area contributed by atoms with Crippen molar-refractivity contribution in [1.82, 2.24) is 10.2 Å². The first-order chi connectivity index (χ1) is 6.53. The summed E-state index contributed by atoms with van der Waals surface area (Å²) in [5, 5.41) is 3.65. The van der Waals surface area contributed by atoms with E-state index in [9.17, 15) is 0 Å². The number of hydrogen-bond acceptors (Lipinski definition) is 2. The summed E-state index contributed by atoms with van der Waals surface area (Å²) in [5.41, 5.74) is 0.313. The molecule has 1 saturated carbocycles. The summed E-state index contributed by atoms with van der Waals surface area (Å²) in [6.45, 7) is 11.7. The highest BCUT2D eigenvalue weighted by atomic mass is 15.3. The first kappa shape index (κ1) is 10.4. The normalized spacial score (nSPS) is 42.4. The molecule has 1 aliphatic carbocycles. The monoisotopic (exact) mass is 196 g/mol. The minimum absolute atomic E-state index is 0.313. The van der Waals surface area contributed by atoms with Crippen molar-refractivity contribution >= 4 is 0 Å². The minimum Gasteiger partial charge on any atom is -0.309 e. The average molecular weight is 196 g/mol. The number of nitrogens with one attached hydrogen (secondary N) is 1. The molecule has 2 rings (SSSR count). The van der Waals surface area contributed by atoms with E-state index in [0.717, 1.165) is 18.0 Å². The fourth-order valence-electron chi connectivity index (χ4n) is 2.68. The summed E-state index contributed by atoms with van der Waals surface area (Å²) in [4.78, 5) is 2.75. The van der Waals surface area contributed by atoms with Crippen LogP contribution in [0.25, 0.3) is 0 Å². The molecule has 3 unspecified atom stereocenters. The second-order valence-corrected chi connectivity index (χ2v) is 5.78. The van der Waals surface area contributed by atoms with Crippen molar-refractivity contribution in [2.45, 2.75) is 58.2 Å². The lowest BCUT2D eigenvalue weighted by Crippen LogP contribution is -2.62. The van der Waals surface area contributed by atoms with Crippen LogP contribution in [0.2, 0.25) is 0 Å². The van der Waals surface area contributed by atoms with Crippen molar-refractivity contribution in [2.75, 3.05) is 13.1 Å². The summed E-state index contributed by atoms with van der Waals surface area (Å²) in [7, 11) is 0. The van der Waals surface area contributed by atoms with Gasteiger partial charge in [-0.3, -0.25) is 4.90 Å². The molecular formula is C12H24N2. The quantitative estimate of drug-likeness (QED) is 0.725. The largest absolute Gasteiger partial charge is 0.309 e. The molecule has 3 atom stereocenters. The van der Waals surface area contributed by atoms with Gasteiger partial charge in [0.05, 0.1) is 0 Å². The molecule has 2 heteroatoms. The SMILES string of the molecule is CCC1CNC(C)(C)CN1C1CC1C. The highest BCUT2D eigenvalue weighted by Crippen LogP contribution is 2.38. The van der Waals surface area contributed by atoms with E-state index in [0.29, 0.717) is 5.54 Å². The molecule has 14 heavy (non-hydrogen) atoms. The highest BCUT2D eigenvalue weighted by molar-refractivity contribution is 5.01. The molecule has 1 aliphatic heterocycles. The zero-order valence-electron chi connectivity index (χ0n) is 10.0. The Morgan fingerprint density at radius 3 is 2.57 bits per heavy atom. The van der Waals surface area contributed by atoms with Crippen molar-refractivity contribution in [1.29, 1.82) is 0 Å². The van der Waals surface area contributed by atoms with E-state index >= 15 is 0 Å². The first-order valence-corrected chi connectivity index (χ1v) is 6.04. The van der Waals surface area contributed by atoms with Crippen molar-refractivity contribution in [3.63, 3.8) is 0 Å². The molecule has 0 aromatic carbocycles. The van der Waals surface area contributed by atoms with Crippen LogP contribution in [0.15, 0.2) is 0 Å². The van der Waals surface area contributed by atoms with E-state index in [1.807, 2.05) is 0 Å². The molecule has 0 spiro atoms. The van der Waals surface area contributed by atoms with E-state index < -0.39 is 0 Å². The Kier molecular flexibility index (Phi) is 2.61. The lowest BCUT2D eigenvalue weighted by molar-refractivity contribution is 0.0811. The van der Waals surface area contributed by atoms with Gasteiger partial charge >= 0.3 is 0 Å². The topological polar surface area (TPSA) is 15.3 Å². The van der Waals surface area contributed by atoms with E-state index in [-0.39, 0.29) is 0 Å². The van der Waals surface area contributed by atoms with Crippen molar-refractivity contribution in [3.05, 3.63) is 0 Å². The van der Waals surface area contributed by atoms with Gasteiger partial charge in [0.2, 0.25) is 0 Å². The summed E-state index contributed by atoms with van der Waals surface area (Å²) in [6.07, 6.45) is 2.71. The van der Waals surface area contributed by atoms with Gasteiger partial charge in [0, 0.05) is 30.7 Å². The number of piperazine rings is 1. The Balaban J connectivity index is 2.01. The van der Waals surface area contributed by atoms with Gasteiger partial charge in [-0.25, -0.2) is 0 Å². The molecule has 0 bridgehead atoms. The molecule has 0 aromatic rings. The molecule has 2 aliphatic rings. The third-order valence-corrected chi connectivity index (χ3v) is 3.83. The second-order valence-electron chi connectivity index (χ2n) is 5.78. The molecule has 0 radical (unpaired) electrons. The van der Waals surface area contributed by atoms with E-state index in [1.54, 1.807) is 0 Å². The van der Waals surface area contributed by atoms with Gasteiger partial charge in [0.15, 0.2) is 0 Å². The standard InChI is InChI=1S/C12H24N2/c1-5-10-7-13-12(3,4)8-14(10)11-6-9(11)2/h9-11,13H,5-8H2,1-4H3. The Bertz CT molecular complexity index is 212. The van der Waals surface area contributed by atoms with E-state index in [2.05, 4.69) is 37.9 Å². The zero-order valence-corrected chi connectivity index (χ0v) is 10.0. The summed E-state index contributed by atoms with van der Waals surface area (Å²) < 4.78 is 0. The van der Waals surface area contributed by atoms with E-state index in [1.165, 1.54) is 25.9 Å². The van der Waals surface area contributed by atoms with Gasteiger partial charge in [-0.1, -0.05) is 13.8 Å². The summed E-state index contributed by atoms with van der Waals surface area (Å²) in [5.74, 6) is 0.943. The van der Waals surface area contributed by atoms with Crippen LogP contribution >= 0.6 is 0 Å². The van der Waals surface area contributed by atoms with Gasteiger partial charge in [-0.15, -0.1) is 0 Å². The van der Waals surface area contributed by atoms with Crippen LogP contribution in [0.5, 0.6) is 0 Å². The molecule has 1 heterocycles. The maximum atomic E-state index is 3.65. The van der Waals surface area contributed by atoms with Crippen LogP contribution in [0.1, 0.15) is 40.5 Å². The number of nitrogens with zero attached hydrogens (tertiary/aromatic N) is 1. The minimum atomic E-state index is 0.313. The van der Waals surface area contributed by atoms with Crippen molar-refractivity contribution in [3.8, 4) is 0 Å². The van der Waals surface area contributed by atoms with E-state index in [4.69, 9.17) is 0 Å². The second kappa shape index (κ2) is 3.49. The summed E-state index contributed by atoms with van der Waals surface area (Å²) in [6, 6.07) is 1.67. The van der Waals surface area contributed by atoms with Crippen LogP contribution in [-0.4, -0.2) is 35.6 Å². The molecular weight excluding hydrogens is 172 g/mol. The number of rotatable bonds is 2. The van der Waals surface area contributed by atoms with Crippen molar-refractivity contribution < 1.29 is 0 Å². The predicted octanol–water partition coefficient (Wildman–Crippen LogP) is 1.86. The first-order valence-electron chi connectivity index (χ1n) is 6.04. The lowest BCUT2D eigenvalue weighted by atomic mass is 9.97. The summed E-state index contributed by atoms with van der Waals surface area (Å²) >= 11 is 0. The molecule has 1 N–H and O–H groups in total. The van der Waals surface area contributed by atoms with Crippen LogP contribution in [0.4, 0.5) is 0 Å². The maximum Gasteiger partial charge on any atom is 0.0253 e. The van der Waals surface area contributed by atoms with Gasteiger partial charge in [0.25, 0.3) is 0 Å². The lowest BCUT2D eigenvalue weighted by Gasteiger charge is -2.45. The molecule has 82 valence electrons. The highest BCUT2D eigenvalue weighted by Gasteiger charge is 2.44. The predicted molar refractivity (Wildman–Crippen MR) is 60.4 cm³/mol. The Hall–Kier alpha value is -0.0800. The van der Waals surface area contributed by atoms with Gasteiger partial charge in [-0.2, -0.15) is 0 Å². The molecule has 1 saturated heterocycles. The molecule has 2 nitrogen and oxygen atoms in total. The van der Waals surface area contributed by atoms with Gasteiger partial charge in [-0.05, 0) is 32.6 Å². The smallest absolute Gasteiger partial charge is 0.0253 e. The van der Waals surface area contributed by atoms with Crippen LogP contribution in [0, 0.1) is 5.92 Å². The maximum absolute atomic E-state index is 3.65. The molecule has 0 aromatic heterocycles. The van der Waals surface area contributed by atoms with Crippen LogP contribution in [0.3, 0.4) is 0 Å². The van der Waals surface area contributed by atoms with Gasteiger partial charge < -0.3 is 5.32 Å². The average Bonchev–Trinajstić information content (AvgIpc) is 2.81. The number of hydrogen-bond donors (Lipinski definition) is 1. The van der Waals surface area contributed by atoms with Crippen molar-refractivity contribution in [2.24, 2.45) is 5.92 Å².